The summed E-state index contributed by atoms with van der Waals surface area (Å²) in [5.41, 5.74) is 0.964. The molecule has 0 aliphatic heterocycles. The van der Waals surface area contributed by atoms with E-state index in [1.165, 1.54) is 18.2 Å². The zero-order valence-electron chi connectivity index (χ0n) is 9.87. The molecule has 3 rings (SSSR count). The van der Waals surface area contributed by atoms with Crippen LogP contribution in [0.3, 0.4) is 0 Å². The molecule has 90 valence electrons. The number of fused-ring (bicyclic) bond motifs is 1. The maximum atomic E-state index is 6.01. The second kappa shape index (κ2) is 4.46. The van der Waals surface area contributed by atoms with E-state index in [4.69, 9.17) is 4.42 Å². The molecule has 0 radical (unpaired) electrons. The maximum Gasteiger partial charge on any atom is 0.148 e. The number of nitrogens with one attached hydrogen (secondary N) is 1. The molecular formula is C14H16BrNO. The summed E-state index contributed by atoms with van der Waals surface area (Å²) < 4.78 is 7.04. The largest absolute Gasteiger partial charge is 0.458 e. The average Bonchev–Trinajstić information content (AvgIpc) is 3.05. The second-order valence-corrected chi connectivity index (χ2v) is 5.53. The minimum Gasteiger partial charge on any atom is -0.458 e. The van der Waals surface area contributed by atoms with Crippen LogP contribution < -0.4 is 5.32 Å². The fourth-order valence-corrected chi connectivity index (χ4v) is 2.81. The van der Waals surface area contributed by atoms with Gasteiger partial charge >= 0.3 is 0 Å². The summed E-state index contributed by atoms with van der Waals surface area (Å²) in [5.74, 6) is 1.84. The zero-order chi connectivity index (χ0) is 11.8. The molecule has 1 aromatic carbocycles. The highest BCUT2D eigenvalue weighted by atomic mass is 79.9. The molecule has 1 aliphatic carbocycles. The molecule has 3 heteroatoms. The van der Waals surface area contributed by atoms with Crippen LogP contribution in [0.2, 0.25) is 0 Å². The molecule has 0 spiro atoms. The van der Waals surface area contributed by atoms with Crippen LogP contribution in [0.5, 0.6) is 0 Å². The van der Waals surface area contributed by atoms with Crippen molar-refractivity contribution < 1.29 is 4.42 Å². The Hall–Kier alpha value is -0.800. The molecule has 1 heterocycles. The summed E-state index contributed by atoms with van der Waals surface area (Å²) in [6.45, 7) is 3.13. The molecule has 0 saturated heterocycles. The minimum atomic E-state index is 0.388. The van der Waals surface area contributed by atoms with Crippen LogP contribution in [0.15, 0.2) is 33.2 Å². The first kappa shape index (κ1) is 11.3. The second-order valence-electron chi connectivity index (χ2n) is 4.68. The predicted molar refractivity (Wildman–Crippen MR) is 73.1 cm³/mol. The quantitative estimate of drug-likeness (QED) is 0.911. The number of halogens is 1. The molecule has 2 nitrogen and oxygen atoms in total. The van der Waals surface area contributed by atoms with Gasteiger partial charge in [0, 0.05) is 5.39 Å². The van der Waals surface area contributed by atoms with Gasteiger partial charge in [-0.2, -0.15) is 0 Å². The summed E-state index contributed by atoms with van der Waals surface area (Å²) in [7, 11) is 0. The van der Waals surface area contributed by atoms with E-state index in [0.717, 1.165) is 28.3 Å². The van der Waals surface area contributed by atoms with Gasteiger partial charge in [0.15, 0.2) is 0 Å². The van der Waals surface area contributed by atoms with Gasteiger partial charge in [0.2, 0.25) is 0 Å². The third-order valence-corrected chi connectivity index (χ3v) is 3.96. The van der Waals surface area contributed by atoms with Gasteiger partial charge in [-0.25, -0.2) is 0 Å². The lowest BCUT2D eigenvalue weighted by molar-refractivity contribution is 0.403. The molecule has 1 fully saturated rings. The van der Waals surface area contributed by atoms with E-state index in [1.807, 2.05) is 12.1 Å². The van der Waals surface area contributed by atoms with E-state index in [1.54, 1.807) is 0 Å². The van der Waals surface area contributed by atoms with Crippen LogP contribution >= 0.6 is 15.9 Å². The molecule has 1 atom stereocenters. The molecule has 1 N–H and O–H groups in total. The van der Waals surface area contributed by atoms with Crippen molar-refractivity contribution in [1.29, 1.82) is 0 Å². The van der Waals surface area contributed by atoms with Crippen LogP contribution in [0, 0.1) is 5.92 Å². The third kappa shape index (κ3) is 2.14. The molecule has 0 bridgehead atoms. The number of para-hydroxylation sites is 1. The van der Waals surface area contributed by atoms with Crippen molar-refractivity contribution in [2.75, 3.05) is 6.54 Å². The Labute approximate surface area is 110 Å². The van der Waals surface area contributed by atoms with Gasteiger partial charge in [-0.3, -0.25) is 0 Å². The van der Waals surface area contributed by atoms with E-state index in [0.29, 0.717) is 6.04 Å². The molecule has 1 saturated carbocycles. The molecule has 1 aliphatic rings. The first-order chi connectivity index (χ1) is 8.29. The Morgan fingerprint density at radius 3 is 2.94 bits per heavy atom. The van der Waals surface area contributed by atoms with Gasteiger partial charge in [0.05, 0.1) is 10.5 Å². The average molecular weight is 294 g/mol. The van der Waals surface area contributed by atoms with E-state index in [2.05, 4.69) is 40.3 Å². The van der Waals surface area contributed by atoms with Crippen molar-refractivity contribution in [2.24, 2.45) is 5.92 Å². The monoisotopic (exact) mass is 293 g/mol. The van der Waals surface area contributed by atoms with Crippen LogP contribution in [0.25, 0.3) is 11.0 Å². The smallest absolute Gasteiger partial charge is 0.148 e. The van der Waals surface area contributed by atoms with E-state index < -0.39 is 0 Å². The normalized spacial score (nSPS) is 17.5. The fraction of sp³-hybridized carbons (Fsp3) is 0.429. The Kier molecular flexibility index (Phi) is 2.97. The summed E-state index contributed by atoms with van der Waals surface area (Å²) in [4.78, 5) is 0. The summed E-state index contributed by atoms with van der Waals surface area (Å²) in [6, 6.07) is 8.73. The molecule has 0 amide bonds. The van der Waals surface area contributed by atoms with Gasteiger partial charge in [-0.05, 0) is 53.4 Å². The number of furan rings is 1. The Morgan fingerprint density at radius 2 is 2.29 bits per heavy atom. The highest BCUT2D eigenvalue weighted by Crippen LogP contribution is 2.42. The summed E-state index contributed by atoms with van der Waals surface area (Å²) >= 11 is 3.54. The zero-order valence-corrected chi connectivity index (χ0v) is 11.5. The van der Waals surface area contributed by atoms with Gasteiger partial charge < -0.3 is 9.73 Å². The maximum absolute atomic E-state index is 6.01. The van der Waals surface area contributed by atoms with Crippen molar-refractivity contribution in [3.05, 3.63) is 34.5 Å². The predicted octanol–water partition coefficient (Wildman–Crippen LogP) is 4.26. The lowest BCUT2D eigenvalue weighted by atomic mass is 10.1. The molecule has 1 aromatic heterocycles. The fourth-order valence-electron chi connectivity index (χ4n) is 2.35. The van der Waals surface area contributed by atoms with E-state index in [-0.39, 0.29) is 0 Å². The first-order valence-corrected chi connectivity index (χ1v) is 7.00. The van der Waals surface area contributed by atoms with Crippen molar-refractivity contribution in [3.8, 4) is 0 Å². The van der Waals surface area contributed by atoms with Crippen LogP contribution in [0.1, 0.15) is 31.6 Å². The Bertz CT molecular complexity index is 530. The van der Waals surface area contributed by atoms with Crippen molar-refractivity contribution >= 4 is 26.9 Å². The molecule has 1 unspecified atom stereocenters. The summed E-state index contributed by atoms with van der Waals surface area (Å²) in [5, 5.41) is 4.71. The highest BCUT2D eigenvalue weighted by molar-refractivity contribution is 9.10. The van der Waals surface area contributed by atoms with Gasteiger partial charge in [-0.1, -0.05) is 19.1 Å². The van der Waals surface area contributed by atoms with Crippen molar-refractivity contribution in [3.63, 3.8) is 0 Å². The van der Waals surface area contributed by atoms with E-state index in [9.17, 15) is 0 Å². The molecule has 17 heavy (non-hydrogen) atoms. The van der Waals surface area contributed by atoms with Gasteiger partial charge in [0.1, 0.15) is 11.3 Å². The van der Waals surface area contributed by atoms with Gasteiger partial charge in [0.25, 0.3) is 0 Å². The molecular weight excluding hydrogens is 278 g/mol. The summed E-state index contributed by atoms with van der Waals surface area (Å²) in [6.07, 6.45) is 2.63. The van der Waals surface area contributed by atoms with E-state index >= 15 is 0 Å². The topological polar surface area (TPSA) is 25.2 Å². The lowest BCUT2D eigenvalue weighted by Gasteiger charge is -2.13. The number of rotatable bonds is 4. The van der Waals surface area contributed by atoms with Crippen LogP contribution in [-0.2, 0) is 0 Å². The number of hydrogen-bond acceptors (Lipinski definition) is 2. The molecule has 2 aromatic rings. The third-order valence-electron chi connectivity index (χ3n) is 3.34. The first-order valence-electron chi connectivity index (χ1n) is 6.21. The number of benzene rings is 1. The van der Waals surface area contributed by atoms with Crippen molar-refractivity contribution in [2.45, 2.75) is 25.8 Å². The number of hydrogen-bond donors (Lipinski definition) is 1. The van der Waals surface area contributed by atoms with Gasteiger partial charge in [-0.15, -0.1) is 0 Å². The Morgan fingerprint density at radius 1 is 1.47 bits per heavy atom. The minimum absolute atomic E-state index is 0.388. The SMILES string of the molecule is CCNC(c1cc2cccc(Br)c2o1)C1CC1. The van der Waals surface area contributed by atoms with Crippen LogP contribution in [-0.4, -0.2) is 6.54 Å². The Balaban J connectivity index is 2.01. The standard InChI is InChI=1S/C14H16BrNO/c1-2-16-13(9-6-7-9)12-8-10-4-3-5-11(15)14(10)17-12/h3-5,8-9,13,16H,2,6-7H2,1H3. The van der Waals surface area contributed by atoms with Crippen molar-refractivity contribution in [1.82, 2.24) is 5.32 Å². The van der Waals surface area contributed by atoms with Crippen LogP contribution in [0.4, 0.5) is 0 Å². The highest BCUT2D eigenvalue weighted by Gasteiger charge is 2.33. The lowest BCUT2D eigenvalue weighted by Crippen LogP contribution is -2.21.